The lowest BCUT2D eigenvalue weighted by molar-refractivity contribution is -0.174. The van der Waals surface area contributed by atoms with Gasteiger partial charge < -0.3 is 29.2 Å². The Kier molecular flexibility index (Phi) is 12.2. The Morgan fingerprint density at radius 2 is 1.45 bits per heavy atom. The molecule has 2 heterocycles. The number of fused-ring (bicyclic) bond motifs is 1. The summed E-state index contributed by atoms with van der Waals surface area (Å²) in [7, 11) is 1.85. The zero-order valence-corrected chi connectivity index (χ0v) is 27.6. The fourth-order valence-corrected chi connectivity index (χ4v) is 3.74. The molecule has 2 aromatic heterocycles. The second-order valence-electron chi connectivity index (χ2n) is 12.6. The minimum atomic E-state index is -1.29. The molecule has 0 saturated carbocycles. The first-order valence-electron chi connectivity index (χ1n) is 14.7. The van der Waals surface area contributed by atoms with Gasteiger partial charge in [0.25, 0.3) is 5.91 Å². The summed E-state index contributed by atoms with van der Waals surface area (Å²) in [4.78, 5) is 81.0. The van der Waals surface area contributed by atoms with Crippen molar-refractivity contribution in [1.82, 2.24) is 25.3 Å². The zero-order chi connectivity index (χ0) is 34.8. The molecule has 47 heavy (non-hydrogen) atoms. The van der Waals surface area contributed by atoms with Gasteiger partial charge >= 0.3 is 23.9 Å². The summed E-state index contributed by atoms with van der Waals surface area (Å²) in [5.74, 6) is -3.45. The molecule has 0 fully saturated rings. The number of aromatic nitrogens is 4. The van der Waals surface area contributed by atoms with Crippen LogP contribution in [0.4, 0.5) is 5.69 Å². The first-order valence-corrected chi connectivity index (χ1v) is 14.7. The maximum absolute atomic E-state index is 13.1. The van der Waals surface area contributed by atoms with E-state index in [1.807, 2.05) is 11.9 Å². The van der Waals surface area contributed by atoms with Gasteiger partial charge in [0.1, 0.15) is 17.9 Å². The highest BCUT2D eigenvalue weighted by Crippen LogP contribution is 2.18. The summed E-state index contributed by atoms with van der Waals surface area (Å²) in [5, 5.41) is 2.57. The zero-order valence-electron chi connectivity index (χ0n) is 27.6. The van der Waals surface area contributed by atoms with E-state index in [4.69, 9.17) is 18.9 Å². The second kappa shape index (κ2) is 15.9. The Balaban J connectivity index is 1.62. The standard InChI is InChI=1S/C32H40N6O9/c1-31(2,3)29(42)46-18-44-25(39)13-12-23(28(41)45-19-47-30(43)32(4,5)6)37-27(40)20-8-10-22(11-9-20)38(7)16-21-14-34-26-24(36-21)15-33-17-35-26/h8-11,14-15,17,23H,12-13,16,18-19H2,1-7H3,(H,37,40)/t23-/m0/s1. The van der Waals surface area contributed by atoms with Crippen molar-refractivity contribution in [2.24, 2.45) is 10.8 Å². The number of ether oxygens (including phenoxy) is 4. The van der Waals surface area contributed by atoms with E-state index in [1.165, 1.54) is 6.33 Å². The summed E-state index contributed by atoms with van der Waals surface area (Å²) in [5.41, 5.74) is 1.17. The number of amides is 1. The normalized spacial score (nSPS) is 12.1. The van der Waals surface area contributed by atoms with Crippen LogP contribution in [0, 0.1) is 10.8 Å². The van der Waals surface area contributed by atoms with Gasteiger partial charge in [0, 0.05) is 24.7 Å². The molecular formula is C32H40N6O9. The second-order valence-corrected chi connectivity index (χ2v) is 12.6. The molecule has 15 nitrogen and oxygen atoms in total. The molecule has 0 aliphatic rings. The minimum absolute atomic E-state index is 0.206. The SMILES string of the molecule is CN(Cc1cnc2ncncc2n1)c1ccc(C(=O)N[C@@H](CCC(=O)OCOC(=O)C(C)(C)C)C(=O)OCOC(=O)C(C)(C)C)cc1. The fourth-order valence-electron chi connectivity index (χ4n) is 3.74. The Morgan fingerprint density at radius 3 is 2.06 bits per heavy atom. The highest BCUT2D eigenvalue weighted by atomic mass is 16.7. The summed E-state index contributed by atoms with van der Waals surface area (Å²) >= 11 is 0. The molecule has 1 amide bonds. The van der Waals surface area contributed by atoms with Crippen LogP contribution in [-0.2, 0) is 44.7 Å². The predicted octanol–water partition coefficient (Wildman–Crippen LogP) is 3.11. The van der Waals surface area contributed by atoms with Crippen molar-refractivity contribution in [2.75, 3.05) is 25.5 Å². The topological polar surface area (TPSA) is 189 Å². The third kappa shape index (κ3) is 11.3. The number of rotatable bonds is 13. The lowest BCUT2D eigenvalue weighted by Gasteiger charge is -2.20. The lowest BCUT2D eigenvalue weighted by Crippen LogP contribution is -2.42. The van der Waals surface area contributed by atoms with Crippen LogP contribution in [0.3, 0.4) is 0 Å². The number of nitrogens with zero attached hydrogens (tertiary/aromatic N) is 5. The number of benzene rings is 1. The van der Waals surface area contributed by atoms with Crippen LogP contribution in [0.25, 0.3) is 11.2 Å². The van der Waals surface area contributed by atoms with Crippen LogP contribution in [0.2, 0.25) is 0 Å². The van der Waals surface area contributed by atoms with E-state index in [9.17, 15) is 24.0 Å². The minimum Gasteiger partial charge on any atom is -0.428 e. The fraction of sp³-hybridized carbons (Fsp3) is 0.469. The third-order valence-corrected chi connectivity index (χ3v) is 6.49. The van der Waals surface area contributed by atoms with Crippen molar-refractivity contribution in [1.29, 1.82) is 0 Å². The van der Waals surface area contributed by atoms with Gasteiger partial charge in [0.15, 0.2) is 5.65 Å². The summed E-state index contributed by atoms with van der Waals surface area (Å²) in [6, 6.07) is 5.31. The first kappa shape index (κ1) is 36.3. The summed E-state index contributed by atoms with van der Waals surface area (Å²) in [6.07, 6.45) is 4.09. The van der Waals surface area contributed by atoms with Crippen molar-refractivity contribution in [3.63, 3.8) is 0 Å². The molecule has 252 valence electrons. The number of hydrogen-bond donors (Lipinski definition) is 1. The maximum Gasteiger partial charge on any atom is 0.331 e. The van der Waals surface area contributed by atoms with Gasteiger partial charge in [0.2, 0.25) is 13.6 Å². The molecule has 0 spiro atoms. The van der Waals surface area contributed by atoms with Gasteiger partial charge in [-0.2, -0.15) is 0 Å². The smallest absolute Gasteiger partial charge is 0.331 e. The molecule has 0 radical (unpaired) electrons. The first-order chi connectivity index (χ1) is 22.0. The van der Waals surface area contributed by atoms with Gasteiger partial charge in [-0.15, -0.1) is 0 Å². The van der Waals surface area contributed by atoms with Crippen LogP contribution in [0.15, 0.2) is 43.0 Å². The average Bonchev–Trinajstić information content (AvgIpc) is 3.01. The molecule has 0 unspecified atom stereocenters. The molecule has 0 saturated heterocycles. The van der Waals surface area contributed by atoms with Gasteiger partial charge in [0.05, 0.1) is 35.5 Å². The van der Waals surface area contributed by atoms with Crippen molar-refractivity contribution < 1.29 is 42.9 Å². The maximum atomic E-state index is 13.1. The number of esters is 4. The molecule has 1 atom stereocenters. The molecule has 0 aliphatic heterocycles. The molecule has 3 rings (SSSR count). The average molecular weight is 653 g/mol. The lowest BCUT2D eigenvalue weighted by atomic mass is 9.97. The van der Waals surface area contributed by atoms with Gasteiger partial charge in [-0.3, -0.25) is 19.2 Å². The van der Waals surface area contributed by atoms with Crippen LogP contribution in [0.1, 0.15) is 70.4 Å². The van der Waals surface area contributed by atoms with Crippen molar-refractivity contribution in [2.45, 2.75) is 67.0 Å². The van der Waals surface area contributed by atoms with E-state index in [0.29, 0.717) is 23.4 Å². The number of carbonyl (C=O) groups excluding carboxylic acids is 5. The van der Waals surface area contributed by atoms with Crippen LogP contribution in [0.5, 0.6) is 0 Å². The third-order valence-electron chi connectivity index (χ3n) is 6.49. The number of nitrogens with one attached hydrogen (secondary N) is 1. The Morgan fingerprint density at radius 1 is 0.830 bits per heavy atom. The Labute approximate surface area is 272 Å². The van der Waals surface area contributed by atoms with E-state index in [2.05, 4.69) is 25.3 Å². The largest absolute Gasteiger partial charge is 0.428 e. The monoisotopic (exact) mass is 652 g/mol. The van der Waals surface area contributed by atoms with Crippen molar-refractivity contribution in [3.8, 4) is 0 Å². The molecule has 0 bridgehead atoms. The van der Waals surface area contributed by atoms with Gasteiger partial charge in [-0.25, -0.2) is 24.7 Å². The van der Waals surface area contributed by atoms with Crippen molar-refractivity contribution >= 4 is 46.6 Å². The van der Waals surface area contributed by atoms with E-state index in [0.717, 1.165) is 5.69 Å². The highest BCUT2D eigenvalue weighted by molar-refractivity contribution is 5.97. The van der Waals surface area contributed by atoms with E-state index in [1.54, 1.807) is 78.2 Å². The summed E-state index contributed by atoms with van der Waals surface area (Å²) in [6.45, 7) is 9.02. The molecule has 0 aliphatic carbocycles. The van der Waals surface area contributed by atoms with Crippen molar-refractivity contribution in [3.05, 3.63) is 54.2 Å². The van der Waals surface area contributed by atoms with Crippen LogP contribution < -0.4 is 10.2 Å². The number of carbonyl (C=O) groups is 5. The highest BCUT2D eigenvalue weighted by Gasteiger charge is 2.27. The quantitative estimate of drug-likeness (QED) is 0.209. The Hall–Kier alpha value is -5.21. The van der Waals surface area contributed by atoms with E-state index < -0.39 is 60.2 Å². The van der Waals surface area contributed by atoms with Crippen LogP contribution in [-0.4, -0.2) is 76.4 Å². The molecule has 1 aromatic carbocycles. The summed E-state index contributed by atoms with van der Waals surface area (Å²) < 4.78 is 19.9. The number of anilines is 1. The molecule has 3 aromatic rings. The number of hydrogen-bond acceptors (Lipinski definition) is 14. The van der Waals surface area contributed by atoms with E-state index >= 15 is 0 Å². The van der Waals surface area contributed by atoms with Gasteiger partial charge in [-0.1, -0.05) is 0 Å². The molecule has 1 N–H and O–H groups in total. The van der Waals surface area contributed by atoms with E-state index in [-0.39, 0.29) is 18.4 Å². The van der Waals surface area contributed by atoms with Crippen LogP contribution >= 0.6 is 0 Å². The predicted molar refractivity (Wildman–Crippen MR) is 167 cm³/mol. The molecule has 15 heteroatoms. The Bertz CT molecular complexity index is 1580. The molecular weight excluding hydrogens is 612 g/mol. The van der Waals surface area contributed by atoms with Gasteiger partial charge in [-0.05, 0) is 72.2 Å².